The van der Waals surface area contributed by atoms with Crippen LogP contribution in [0.3, 0.4) is 0 Å². The number of methoxy groups -OCH3 is 1. The second-order valence-electron chi connectivity index (χ2n) is 5.95. The van der Waals surface area contributed by atoms with E-state index in [2.05, 4.69) is 18.4 Å². The molecule has 0 radical (unpaired) electrons. The summed E-state index contributed by atoms with van der Waals surface area (Å²) in [6, 6.07) is 9.48. The molecule has 1 aromatic carbocycles. The van der Waals surface area contributed by atoms with Crippen LogP contribution in [0.1, 0.15) is 29.0 Å². The van der Waals surface area contributed by atoms with E-state index in [1.807, 2.05) is 17.0 Å². The number of carbonyl (C=O) groups excluding carboxylic acids is 1. The van der Waals surface area contributed by atoms with Crippen LogP contribution in [0.5, 0.6) is 11.5 Å². The number of nitriles is 1. The van der Waals surface area contributed by atoms with Crippen molar-refractivity contribution in [1.29, 1.82) is 5.26 Å². The van der Waals surface area contributed by atoms with Crippen molar-refractivity contribution in [2.75, 3.05) is 20.3 Å². The molecule has 5 nitrogen and oxygen atoms in total. The van der Waals surface area contributed by atoms with Crippen molar-refractivity contribution >= 4 is 23.3 Å². The second kappa shape index (κ2) is 8.07. The van der Waals surface area contributed by atoms with Gasteiger partial charge in [-0.25, -0.2) is 0 Å². The molecule has 6 heteroatoms. The van der Waals surface area contributed by atoms with Gasteiger partial charge in [-0.3, -0.25) is 4.79 Å². The molecule has 3 rings (SSSR count). The van der Waals surface area contributed by atoms with Gasteiger partial charge in [-0.1, -0.05) is 6.07 Å². The van der Waals surface area contributed by atoms with E-state index < -0.39 is 0 Å². The number of rotatable bonds is 5. The van der Waals surface area contributed by atoms with E-state index in [0.29, 0.717) is 11.5 Å². The summed E-state index contributed by atoms with van der Waals surface area (Å²) in [6.07, 6.45) is 4.28. The lowest BCUT2D eigenvalue weighted by molar-refractivity contribution is -0.128. The molecule has 0 unspecified atom stereocenters. The Balaban J connectivity index is 1.71. The van der Waals surface area contributed by atoms with Gasteiger partial charge in [0.1, 0.15) is 6.07 Å². The lowest BCUT2D eigenvalue weighted by Crippen LogP contribution is -2.37. The zero-order valence-electron chi connectivity index (χ0n) is 14.8. The van der Waals surface area contributed by atoms with Gasteiger partial charge in [-0.2, -0.15) is 5.26 Å². The summed E-state index contributed by atoms with van der Waals surface area (Å²) in [7, 11) is 1.54. The summed E-state index contributed by atoms with van der Waals surface area (Å²) in [5.74, 6) is 1.04. The molecule has 1 amide bonds. The highest BCUT2D eigenvalue weighted by molar-refractivity contribution is 7.10. The Labute approximate surface area is 157 Å². The second-order valence-corrected chi connectivity index (χ2v) is 6.95. The van der Waals surface area contributed by atoms with Gasteiger partial charge >= 0.3 is 0 Å². The quantitative estimate of drug-likeness (QED) is 0.753. The third kappa shape index (κ3) is 3.73. The summed E-state index contributed by atoms with van der Waals surface area (Å²) in [4.78, 5) is 15.9. The molecular formula is C20H20N2O3S. The Kier molecular flexibility index (Phi) is 5.59. The van der Waals surface area contributed by atoms with Gasteiger partial charge in [0.2, 0.25) is 5.91 Å². The first-order valence-electron chi connectivity index (χ1n) is 8.36. The SMILES string of the molecule is COc1cc(/C=C/C(=O)N2CCc3sccc3[C@H]2C)ccc1OCC#N. The van der Waals surface area contributed by atoms with Gasteiger partial charge in [0.15, 0.2) is 18.1 Å². The summed E-state index contributed by atoms with van der Waals surface area (Å²) < 4.78 is 10.6. The lowest BCUT2D eigenvalue weighted by Gasteiger charge is -2.32. The number of amides is 1. The van der Waals surface area contributed by atoms with Gasteiger partial charge in [-0.15, -0.1) is 11.3 Å². The van der Waals surface area contributed by atoms with Crippen LogP contribution in [0.4, 0.5) is 0 Å². The standard InChI is InChI=1S/C20H20N2O3S/c1-14-16-8-12-26-19(16)7-10-22(14)20(23)6-4-15-3-5-17(25-11-9-21)18(13-15)24-2/h3-6,8,12-14H,7,10-11H2,1-2H3/b6-4+/t14-/m1/s1. The van der Waals surface area contributed by atoms with E-state index in [1.165, 1.54) is 10.4 Å². The number of benzene rings is 1. The van der Waals surface area contributed by atoms with Crippen molar-refractivity contribution in [3.8, 4) is 17.6 Å². The number of hydrogen-bond acceptors (Lipinski definition) is 5. The van der Waals surface area contributed by atoms with Crippen molar-refractivity contribution in [2.45, 2.75) is 19.4 Å². The maximum absolute atomic E-state index is 12.6. The Morgan fingerprint density at radius 3 is 3.04 bits per heavy atom. The summed E-state index contributed by atoms with van der Waals surface area (Å²) in [6.45, 7) is 2.77. The zero-order chi connectivity index (χ0) is 18.5. The van der Waals surface area contributed by atoms with Gasteiger partial charge < -0.3 is 14.4 Å². The van der Waals surface area contributed by atoms with Crippen LogP contribution in [0.25, 0.3) is 6.08 Å². The van der Waals surface area contributed by atoms with E-state index in [4.69, 9.17) is 14.7 Å². The molecule has 26 heavy (non-hydrogen) atoms. The third-order valence-corrected chi connectivity index (χ3v) is 5.46. The summed E-state index contributed by atoms with van der Waals surface area (Å²) >= 11 is 1.76. The molecule has 1 atom stereocenters. The molecule has 2 aromatic rings. The van der Waals surface area contributed by atoms with Gasteiger partial charge in [0.05, 0.1) is 13.2 Å². The molecule has 0 spiro atoms. The van der Waals surface area contributed by atoms with E-state index in [-0.39, 0.29) is 18.6 Å². The van der Waals surface area contributed by atoms with Gasteiger partial charge in [0, 0.05) is 17.5 Å². The minimum atomic E-state index is -0.0402. The molecule has 0 N–H and O–H groups in total. The fourth-order valence-electron chi connectivity index (χ4n) is 3.09. The number of thiophene rings is 1. The van der Waals surface area contributed by atoms with Crippen LogP contribution in [-0.4, -0.2) is 31.1 Å². The molecule has 1 aliphatic rings. The van der Waals surface area contributed by atoms with Crippen molar-refractivity contribution in [2.24, 2.45) is 0 Å². The topological polar surface area (TPSA) is 62.6 Å². The van der Waals surface area contributed by atoms with Crippen molar-refractivity contribution in [1.82, 2.24) is 4.90 Å². The number of ether oxygens (including phenoxy) is 2. The monoisotopic (exact) mass is 368 g/mol. The Morgan fingerprint density at radius 1 is 1.42 bits per heavy atom. The van der Waals surface area contributed by atoms with Gasteiger partial charge in [-0.05, 0) is 54.1 Å². The zero-order valence-corrected chi connectivity index (χ0v) is 15.6. The molecule has 0 bridgehead atoms. The molecule has 1 aromatic heterocycles. The van der Waals surface area contributed by atoms with Crippen molar-refractivity contribution in [3.05, 3.63) is 51.7 Å². The molecular weight excluding hydrogens is 348 g/mol. The molecule has 1 aliphatic heterocycles. The maximum Gasteiger partial charge on any atom is 0.247 e. The molecule has 0 saturated carbocycles. The molecule has 0 aliphatic carbocycles. The number of fused-ring (bicyclic) bond motifs is 1. The predicted octanol–water partition coefficient (Wildman–Crippen LogP) is 3.82. The first-order valence-corrected chi connectivity index (χ1v) is 9.24. The summed E-state index contributed by atoms with van der Waals surface area (Å²) in [5.41, 5.74) is 2.09. The minimum Gasteiger partial charge on any atom is -0.493 e. The Morgan fingerprint density at radius 2 is 2.27 bits per heavy atom. The van der Waals surface area contributed by atoms with Crippen LogP contribution in [0.15, 0.2) is 35.7 Å². The maximum atomic E-state index is 12.6. The van der Waals surface area contributed by atoms with Crippen LogP contribution >= 0.6 is 11.3 Å². The van der Waals surface area contributed by atoms with E-state index in [0.717, 1.165) is 18.5 Å². The first kappa shape index (κ1) is 18.0. The van der Waals surface area contributed by atoms with Crippen molar-refractivity contribution in [3.63, 3.8) is 0 Å². The molecule has 134 valence electrons. The average Bonchev–Trinajstić information content (AvgIpc) is 3.14. The highest BCUT2D eigenvalue weighted by Gasteiger charge is 2.26. The normalized spacial score (nSPS) is 16.2. The van der Waals surface area contributed by atoms with Crippen LogP contribution < -0.4 is 9.47 Å². The molecule has 0 saturated heterocycles. The number of nitrogens with zero attached hydrogens (tertiary/aromatic N) is 2. The van der Waals surface area contributed by atoms with Crippen molar-refractivity contribution < 1.29 is 14.3 Å². The van der Waals surface area contributed by atoms with Crippen LogP contribution in [0, 0.1) is 11.3 Å². The fraction of sp³-hybridized carbons (Fsp3) is 0.300. The Bertz CT molecular complexity index is 866. The van der Waals surface area contributed by atoms with Gasteiger partial charge in [0.25, 0.3) is 0 Å². The smallest absolute Gasteiger partial charge is 0.247 e. The van der Waals surface area contributed by atoms with E-state index in [1.54, 1.807) is 42.7 Å². The highest BCUT2D eigenvalue weighted by Crippen LogP contribution is 2.33. The largest absolute Gasteiger partial charge is 0.493 e. The number of carbonyl (C=O) groups is 1. The third-order valence-electron chi connectivity index (χ3n) is 4.46. The van der Waals surface area contributed by atoms with E-state index in [9.17, 15) is 4.79 Å². The van der Waals surface area contributed by atoms with Crippen LogP contribution in [0.2, 0.25) is 0 Å². The minimum absolute atomic E-state index is 0.00174. The van der Waals surface area contributed by atoms with Crippen LogP contribution in [-0.2, 0) is 11.2 Å². The number of hydrogen-bond donors (Lipinski definition) is 0. The van der Waals surface area contributed by atoms with E-state index >= 15 is 0 Å². The predicted molar refractivity (Wildman–Crippen MR) is 101 cm³/mol. The fourth-order valence-corrected chi connectivity index (χ4v) is 4.05. The highest BCUT2D eigenvalue weighted by atomic mass is 32.1. The summed E-state index contributed by atoms with van der Waals surface area (Å²) in [5, 5.41) is 10.7. The molecule has 2 heterocycles. The molecule has 0 fully saturated rings. The Hall–Kier alpha value is -2.78. The lowest BCUT2D eigenvalue weighted by atomic mass is 10.0. The average molecular weight is 368 g/mol. The first-order chi connectivity index (χ1) is 12.6.